The smallest absolute Gasteiger partial charge is 0.325 e. The minimum absolute atomic E-state index is 0.0338. The van der Waals surface area contributed by atoms with Gasteiger partial charge in [0.05, 0.1) is 13.2 Å². The first kappa shape index (κ1) is 19.3. The Kier molecular flexibility index (Phi) is 4.83. The maximum Gasteiger partial charge on any atom is 0.325 e. The predicted octanol–water partition coefficient (Wildman–Crippen LogP) is 2.36. The molecule has 2 aromatic rings. The molecule has 30 heavy (non-hydrogen) atoms. The lowest BCUT2D eigenvalue weighted by Crippen LogP contribution is -2.50. The number of urea groups is 1. The third-order valence-corrected chi connectivity index (χ3v) is 7.60. The number of benzene rings is 1. The summed E-state index contributed by atoms with van der Waals surface area (Å²) in [6, 6.07) is 12.2. The number of carbonyl (C=O) groups excluding carboxylic acids is 3. The zero-order valence-electron chi connectivity index (χ0n) is 16.6. The largest absolute Gasteiger partial charge is 0.369 e. The minimum atomic E-state index is -0.492. The van der Waals surface area contributed by atoms with Crippen molar-refractivity contribution in [2.45, 2.75) is 24.9 Å². The first-order valence-corrected chi connectivity index (χ1v) is 11.1. The molecule has 2 fully saturated rings. The number of imide groups is 1. The Morgan fingerprint density at radius 1 is 1.17 bits per heavy atom. The third kappa shape index (κ3) is 3.30. The highest BCUT2D eigenvalue weighted by Gasteiger charge is 2.43. The minimum Gasteiger partial charge on any atom is -0.369 e. The van der Waals surface area contributed by atoms with E-state index in [0.29, 0.717) is 19.7 Å². The van der Waals surface area contributed by atoms with Gasteiger partial charge in [-0.3, -0.25) is 14.5 Å². The Balaban J connectivity index is 1.30. The van der Waals surface area contributed by atoms with Crippen LogP contribution in [0.25, 0.3) is 10.4 Å². The highest BCUT2D eigenvalue weighted by Crippen LogP contribution is 2.47. The van der Waals surface area contributed by atoms with E-state index in [2.05, 4.69) is 35.6 Å². The van der Waals surface area contributed by atoms with Crippen LogP contribution in [0.3, 0.4) is 0 Å². The quantitative estimate of drug-likeness (QED) is 0.766. The molecule has 0 atom stereocenters. The number of rotatable bonds is 3. The van der Waals surface area contributed by atoms with Crippen molar-refractivity contribution in [3.05, 3.63) is 46.8 Å². The average molecular weight is 426 g/mol. The molecule has 4 amide bonds. The molecule has 0 saturated carbocycles. The second-order valence-corrected chi connectivity index (χ2v) is 9.00. The molecule has 1 aromatic heterocycles. The summed E-state index contributed by atoms with van der Waals surface area (Å²) in [5, 5.41) is 2.45. The number of piperidine rings is 1. The molecule has 4 heterocycles. The lowest BCUT2D eigenvalue weighted by molar-refractivity contribution is -0.143. The van der Waals surface area contributed by atoms with E-state index in [0.717, 1.165) is 24.2 Å². The zero-order valence-corrected chi connectivity index (χ0v) is 17.4. The summed E-state index contributed by atoms with van der Waals surface area (Å²) >= 11 is 1.80. The molecule has 0 radical (unpaired) electrons. The molecule has 3 aliphatic heterocycles. The van der Waals surface area contributed by atoms with Crippen molar-refractivity contribution >= 4 is 29.2 Å². The van der Waals surface area contributed by atoms with Gasteiger partial charge in [-0.15, -0.1) is 11.3 Å². The van der Waals surface area contributed by atoms with Crippen LogP contribution < -0.4 is 5.32 Å². The molecule has 156 valence electrons. The summed E-state index contributed by atoms with van der Waals surface area (Å²) < 4.78 is 6.32. The molecule has 1 N–H and O–H groups in total. The Morgan fingerprint density at radius 3 is 2.63 bits per heavy atom. The number of nitrogens with zero attached hydrogens (tertiary/aromatic N) is 2. The average Bonchev–Trinajstić information content (AvgIpc) is 3.35. The van der Waals surface area contributed by atoms with E-state index >= 15 is 0 Å². The van der Waals surface area contributed by atoms with Gasteiger partial charge in [-0.25, -0.2) is 4.79 Å². The second kappa shape index (κ2) is 7.52. The molecule has 2 saturated heterocycles. The molecule has 0 aliphatic carbocycles. The first-order chi connectivity index (χ1) is 14.6. The summed E-state index contributed by atoms with van der Waals surface area (Å²) in [7, 11) is 0. The van der Waals surface area contributed by atoms with Crippen LogP contribution in [0.5, 0.6) is 0 Å². The van der Waals surface area contributed by atoms with Crippen LogP contribution in [-0.4, -0.2) is 60.4 Å². The number of fused-ring (bicyclic) bond motifs is 2. The van der Waals surface area contributed by atoms with Crippen LogP contribution in [0.1, 0.15) is 23.3 Å². The Labute approximate surface area is 178 Å². The maximum absolute atomic E-state index is 12.7. The van der Waals surface area contributed by atoms with E-state index < -0.39 is 6.03 Å². The highest BCUT2D eigenvalue weighted by atomic mass is 32.1. The van der Waals surface area contributed by atoms with Crippen LogP contribution in [0.2, 0.25) is 0 Å². The molecule has 3 aliphatic rings. The standard InChI is InChI=1S/C22H23N3O4S/c26-18-13-23-21(28)25(18)14-19(27)24-9-7-22(8-10-24)20-16(6-11-29-22)12-17(30-20)15-4-2-1-3-5-15/h1-5,12H,6-11,13-14H2,(H,23,28). The summed E-state index contributed by atoms with van der Waals surface area (Å²) in [6.45, 7) is 1.57. The number of nitrogens with one attached hydrogen (secondary N) is 1. The molecule has 0 bridgehead atoms. The fourth-order valence-electron chi connectivity index (χ4n) is 4.51. The Morgan fingerprint density at radius 2 is 1.93 bits per heavy atom. The fraction of sp³-hybridized carbons (Fsp3) is 0.409. The van der Waals surface area contributed by atoms with E-state index in [-0.39, 0.29) is 30.5 Å². The first-order valence-electron chi connectivity index (χ1n) is 10.2. The molecular formula is C22H23N3O4S. The summed E-state index contributed by atoms with van der Waals surface area (Å²) in [6.07, 6.45) is 2.36. The number of amides is 4. The molecule has 8 heteroatoms. The predicted molar refractivity (Wildman–Crippen MR) is 112 cm³/mol. The van der Waals surface area contributed by atoms with Gasteiger partial charge in [-0.05, 0) is 36.5 Å². The van der Waals surface area contributed by atoms with Crippen LogP contribution in [-0.2, 0) is 26.3 Å². The van der Waals surface area contributed by atoms with Gasteiger partial charge < -0.3 is 15.0 Å². The fourth-order valence-corrected chi connectivity index (χ4v) is 5.92. The lowest BCUT2D eigenvalue weighted by atomic mass is 9.85. The topological polar surface area (TPSA) is 79.0 Å². The van der Waals surface area contributed by atoms with Crippen molar-refractivity contribution in [3.63, 3.8) is 0 Å². The van der Waals surface area contributed by atoms with Crippen molar-refractivity contribution in [2.24, 2.45) is 0 Å². The molecule has 0 unspecified atom stereocenters. The van der Waals surface area contributed by atoms with Crippen LogP contribution in [0.4, 0.5) is 4.79 Å². The van der Waals surface area contributed by atoms with Crippen molar-refractivity contribution < 1.29 is 19.1 Å². The number of carbonyl (C=O) groups is 3. The lowest BCUT2D eigenvalue weighted by Gasteiger charge is -2.43. The SMILES string of the molecule is O=C(CN1C(=O)CNC1=O)N1CCC2(CC1)OCCc1cc(-c3ccccc3)sc12. The van der Waals surface area contributed by atoms with Crippen molar-refractivity contribution in [1.29, 1.82) is 0 Å². The van der Waals surface area contributed by atoms with Gasteiger partial charge in [0.25, 0.3) is 5.91 Å². The van der Waals surface area contributed by atoms with Gasteiger partial charge >= 0.3 is 6.03 Å². The Bertz CT molecular complexity index is 979. The molecule has 1 spiro atoms. The van der Waals surface area contributed by atoms with Crippen molar-refractivity contribution in [1.82, 2.24) is 15.1 Å². The van der Waals surface area contributed by atoms with E-state index in [1.165, 1.54) is 20.9 Å². The summed E-state index contributed by atoms with van der Waals surface area (Å²) in [4.78, 5) is 41.4. The number of hydrogen-bond acceptors (Lipinski definition) is 5. The Hall–Kier alpha value is -2.71. The number of thiophene rings is 1. The van der Waals surface area contributed by atoms with E-state index in [4.69, 9.17) is 4.74 Å². The van der Waals surface area contributed by atoms with Crippen LogP contribution in [0, 0.1) is 0 Å². The van der Waals surface area contributed by atoms with Crippen LogP contribution >= 0.6 is 11.3 Å². The van der Waals surface area contributed by atoms with Gasteiger partial charge in [-0.1, -0.05) is 30.3 Å². The van der Waals surface area contributed by atoms with Crippen molar-refractivity contribution in [3.8, 4) is 10.4 Å². The van der Waals surface area contributed by atoms with Crippen molar-refractivity contribution in [2.75, 3.05) is 32.8 Å². The zero-order chi connectivity index (χ0) is 20.7. The summed E-state index contributed by atoms with van der Waals surface area (Å²) in [5.41, 5.74) is 2.22. The highest BCUT2D eigenvalue weighted by molar-refractivity contribution is 7.15. The molecule has 1 aromatic carbocycles. The van der Waals surface area contributed by atoms with Crippen LogP contribution in [0.15, 0.2) is 36.4 Å². The number of ether oxygens (including phenoxy) is 1. The molecule has 5 rings (SSSR count). The molecule has 7 nitrogen and oxygen atoms in total. The van der Waals surface area contributed by atoms with Gasteiger partial charge in [0, 0.05) is 22.8 Å². The number of likely N-dealkylation sites (tertiary alicyclic amines) is 1. The third-order valence-electron chi connectivity index (χ3n) is 6.19. The van der Waals surface area contributed by atoms with Gasteiger partial charge in [-0.2, -0.15) is 0 Å². The van der Waals surface area contributed by atoms with Gasteiger partial charge in [0.15, 0.2) is 0 Å². The number of hydrogen-bond donors (Lipinski definition) is 1. The summed E-state index contributed by atoms with van der Waals surface area (Å²) in [5.74, 6) is -0.545. The van der Waals surface area contributed by atoms with E-state index in [1.54, 1.807) is 16.2 Å². The second-order valence-electron chi connectivity index (χ2n) is 7.94. The van der Waals surface area contributed by atoms with Gasteiger partial charge in [0.2, 0.25) is 5.91 Å². The monoisotopic (exact) mass is 425 g/mol. The molecular weight excluding hydrogens is 402 g/mol. The normalized spacial score (nSPS) is 20.4. The van der Waals surface area contributed by atoms with Gasteiger partial charge in [0.1, 0.15) is 12.1 Å². The maximum atomic E-state index is 12.7. The van der Waals surface area contributed by atoms with E-state index in [9.17, 15) is 14.4 Å². The van der Waals surface area contributed by atoms with E-state index in [1.807, 2.05) is 6.07 Å².